The molecule has 2 aromatic rings. The minimum Gasteiger partial charge on any atom is -0.348 e. The molecule has 98 valence electrons. The van der Waals surface area contributed by atoms with Gasteiger partial charge in [0, 0.05) is 30.7 Å². The molecule has 5 heteroatoms. The molecule has 2 fully saturated rings. The molecule has 1 saturated heterocycles. The number of fused-ring (bicyclic) bond motifs is 3. The summed E-state index contributed by atoms with van der Waals surface area (Å²) in [6, 6.07) is 4.45. The minimum atomic E-state index is 0.00921. The first-order valence-electron chi connectivity index (χ1n) is 6.76. The van der Waals surface area contributed by atoms with Gasteiger partial charge in [-0.25, -0.2) is 4.98 Å². The Bertz CT molecular complexity index is 635. The van der Waals surface area contributed by atoms with E-state index in [-0.39, 0.29) is 11.9 Å². The van der Waals surface area contributed by atoms with Crippen molar-refractivity contribution in [1.82, 2.24) is 20.0 Å². The van der Waals surface area contributed by atoms with Gasteiger partial charge >= 0.3 is 0 Å². The Morgan fingerprint density at radius 3 is 3.16 bits per heavy atom. The number of hydrogen-bond donors (Lipinski definition) is 2. The van der Waals surface area contributed by atoms with E-state index in [4.69, 9.17) is 0 Å². The molecule has 2 bridgehead atoms. The average Bonchev–Trinajstić information content (AvgIpc) is 3.13. The van der Waals surface area contributed by atoms with Crippen LogP contribution in [0.3, 0.4) is 0 Å². The van der Waals surface area contributed by atoms with E-state index < -0.39 is 0 Å². The van der Waals surface area contributed by atoms with Crippen LogP contribution in [-0.4, -0.2) is 33.9 Å². The average molecular weight is 256 g/mol. The van der Waals surface area contributed by atoms with Crippen molar-refractivity contribution in [2.45, 2.75) is 24.9 Å². The molecule has 3 unspecified atom stereocenters. The Kier molecular flexibility index (Phi) is 2.35. The van der Waals surface area contributed by atoms with E-state index in [0.717, 1.165) is 24.5 Å². The van der Waals surface area contributed by atoms with Crippen LogP contribution >= 0.6 is 0 Å². The van der Waals surface area contributed by atoms with Gasteiger partial charge in [-0.2, -0.15) is 0 Å². The van der Waals surface area contributed by atoms with Crippen molar-refractivity contribution in [3.8, 4) is 0 Å². The summed E-state index contributed by atoms with van der Waals surface area (Å²) in [6.07, 6.45) is 7.72. The lowest BCUT2D eigenvalue weighted by atomic mass is 10.1. The van der Waals surface area contributed by atoms with Gasteiger partial charge in [0.2, 0.25) is 0 Å². The Balaban J connectivity index is 1.53. The van der Waals surface area contributed by atoms with E-state index in [1.165, 1.54) is 6.42 Å². The van der Waals surface area contributed by atoms with Crippen LogP contribution < -0.4 is 10.6 Å². The molecule has 3 atom stereocenters. The summed E-state index contributed by atoms with van der Waals surface area (Å²) in [7, 11) is 0. The van der Waals surface area contributed by atoms with Crippen LogP contribution in [0.1, 0.15) is 23.2 Å². The predicted octanol–water partition coefficient (Wildman–Crippen LogP) is 0.814. The minimum absolute atomic E-state index is 0.00921. The maximum atomic E-state index is 12.3. The number of carbonyl (C=O) groups is 1. The molecule has 2 aliphatic rings. The molecule has 1 aliphatic carbocycles. The third-order valence-electron chi connectivity index (χ3n) is 4.30. The lowest BCUT2D eigenvalue weighted by Crippen LogP contribution is -2.47. The van der Waals surface area contributed by atoms with Crippen LogP contribution in [0.15, 0.2) is 30.7 Å². The molecule has 0 radical (unpaired) electrons. The monoisotopic (exact) mass is 256 g/mol. The van der Waals surface area contributed by atoms with Crippen molar-refractivity contribution < 1.29 is 4.79 Å². The van der Waals surface area contributed by atoms with Crippen molar-refractivity contribution in [2.24, 2.45) is 5.92 Å². The number of piperidine rings is 1. The molecule has 4 rings (SSSR count). The number of amides is 1. The van der Waals surface area contributed by atoms with E-state index >= 15 is 0 Å². The number of rotatable bonds is 2. The lowest BCUT2D eigenvalue weighted by Gasteiger charge is -2.23. The summed E-state index contributed by atoms with van der Waals surface area (Å²) in [5.74, 6) is 0.751. The molecule has 5 nitrogen and oxygen atoms in total. The van der Waals surface area contributed by atoms with Gasteiger partial charge in [0.25, 0.3) is 5.91 Å². The van der Waals surface area contributed by atoms with Gasteiger partial charge in [-0.15, -0.1) is 0 Å². The molecule has 0 spiro atoms. The topological polar surface area (TPSA) is 58.4 Å². The largest absolute Gasteiger partial charge is 0.348 e. The second-order valence-corrected chi connectivity index (χ2v) is 5.54. The second kappa shape index (κ2) is 4.06. The van der Waals surface area contributed by atoms with Gasteiger partial charge in [0.05, 0.1) is 5.56 Å². The number of nitrogens with zero attached hydrogens (tertiary/aromatic N) is 2. The quantitative estimate of drug-likeness (QED) is 0.836. The molecule has 0 aromatic carbocycles. The predicted molar refractivity (Wildman–Crippen MR) is 71.0 cm³/mol. The summed E-state index contributed by atoms with van der Waals surface area (Å²) < 4.78 is 1.87. The maximum absolute atomic E-state index is 12.3. The Hall–Kier alpha value is -1.88. The summed E-state index contributed by atoms with van der Waals surface area (Å²) in [5.41, 5.74) is 1.55. The highest BCUT2D eigenvalue weighted by atomic mass is 16.1. The molecule has 1 aliphatic heterocycles. The first kappa shape index (κ1) is 11.0. The standard InChI is InChI=1S/C14H16N4O/c19-14(17-12-6-9-5-11(12)16-7-9)10-1-2-13-15-3-4-18(13)8-10/h1-4,8-9,11-12,16H,5-7H2,(H,17,19). The molecular formula is C14H16N4O. The molecule has 19 heavy (non-hydrogen) atoms. The molecule has 3 heterocycles. The zero-order chi connectivity index (χ0) is 12.8. The fourth-order valence-corrected chi connectivity index (χ4v) is 3.32. The van der Waals surface area contributed by atoms with Gasteiger partial charge in [0.1, 0.15) is 5.65 Å². The number of imidazole rings is 1. The third kappa shape index (κ3) is 1.81. The number of aromatic nitrogens is 2. The summed E-state index contributed by atoms with van der Waals surface area (Å²) in [6.45, 7) is 1.11. The van der Waals surface area contributed by atoms with Gasteiger partial charge in [0.15, 0.2) is 0 Å². The molecule has 2 aromatic heterocycles. The van der Waals surface area contributed by atoms with Gasteiger partial charge in [-0.1, -0.05) is 0 Å². The lowest BCUT2D eigenvalue weighted by molar-refractivity contribution is 0.0928. The first-order chi connectivity index (χ1) is 9.29. The Labute approximate surface area is 111 Å². The summed E-state index contributed by atoms with van der Waals surface area (Å²) in [4.78, 5) is 16.4. The zero-order valence-electron chi connectivity index (χ0n) is 10.5. The molecule has 1 saturated carbocycles. The number of hydrogen-bond acceptors (Lipinski definition) is 3. The van der Waals surface area contributed by atoms with Gasteiger partial charge in [-0.3, -0.25) is 4.79 Å². The van der Waals surface area contributed by atoms with Crippen molar-refractivity contribution in [3.05, 3.63) is 36.3 Å². The van der Waals surface area contributed by atoms with Crippen LogP contribution in [0.5, 0.6) is 0 Å². The van der Waals surface area contributed by atoms with Gasteiger partial charge < -0.3 is 15.0 Å². The van der Waals surface area contributed by atoms with Crippen LogP contribution in [-0.2, 0) is 0 Å². The first-order valence-corrected chi connectivity index (χ1v) is 6.76. The smallest absolute Gasteiger partial charge is 0.253 e. The highest BCUT2D eigenvalue weighted by molar-refractivity contribution is 5.94. The molecule has 2 N–H and O–H groups in total. The molecule has 1 amide bonds. The number of pyridine rings is 1. The van der Waals surface area contributed by atoms with Crippen molar-refractivity contribution >= 4 is 11.6 Å². The Morgan fingerprint density at radius 1 is 1.42 bits per heavy atom. The normalized spacial score (nSPS) is 28.9. The van der Waals surface area contributed by atoms with Crippen LogP contribution in [0.4, 0.5) is 0 Å². The maximum Gasteiger partial charge on any atom is 0.253 e. The van der Waals surface area contributed by atoms with Crippen molar-refractivity contribution in [3.63, 3.8) is 0 Å². The van der Waals surface area contributed by atoms with Crippen LogP contribution in [0.25, 0.3) is 5.65 Å². The highest BCUT2D eigenvalue weighted by Gasteiger charge is 2.40. The fourth-order valence-electron chi connectivity index (χ4n) is 3.32. The number of nitrogens with one attached hydrogen (secondary N) is 2. The Morgan fingerprint density at radius 2 is 2.37 bits per heavy atom. The van der Waals surface area contributed by atoms with E-state index in [2.05, 4.69) is 15.6 Å². The summed E-state index contributed by atoms with van der Waals surface area (Å²) in [5, 5.41) is 6.61. The van der Waals surface area contributed by atoms with Crippen LogP contribution in [0.2, 0.25) is 0 Å². The highest BCUT2D eigenvalue weighted by Crippen LogP contribution is 2.31. The molecular weight excluding hydrogens is 240 g/mol. The SMILES string of the molecule is O=C(NC1CC2CNC1C2)c1ccc2nccn2c1. The fraction of sp³-hybridized carbons (Fsp3) is 0.429. The van der Waals surface area contributed by atoms with Crippen molar-refractivity contribution in [2.75, 3.05) is 6.54 Å². The van der Waals surface area contributed by atoms with Crippen molar-refractivity contribution in [1.29, 1.82) is 0 Å². The third-order valence-corrected chi connectivity index (χ3v) is 4.30. The van der Waals surface area contributed by atoms with E-state index in [0.29, 0.717) is 11.6 Å². The van der Waals surface area contributed by atoms with E-state index in [1.807, 2.05) is 28.9 Å². The van der Waals surface area contributed by atoms with Gasteiger partial charge in [-0.05, 0) is 37.4 Å². The summed E-state index contributed by atoms with van der Waals surface area (Å²) >= 11 is 0. The van der Waals surface area contributed by atoms with E-state index in [9.17, 15) is 4.79 Å². The number of carbonyl (C=O) groups excluding carboxylic acids is 1. The zero-order valence-corrected chi connectivity index (χ0v) is 10.5. The van der Waals surface area contributed by atoms with Crippen LogP contribution in [0, 0.1) is 5.92 Å². The second-order valence-electron chi connectivity index (χ2n) is 5.54. The van der Waals surface area contributed by atoms with E-state index in [1.54, 1.807) is 6.20 Å².